The van der Waals surface area contributed by atoms with E-state index in [4.69, 9.17) is 0 Å². The molecular weight excluding hydrogens is 350 g/mol. The van der Waals surface area contributed by atoms with Gasteiger partial charge in [-0.1, -0.05) is 50.1 Å². The molecule has 17 heavy (non-hydrogen) atoms. The van der Waals surface area contributed by atoms with Gasteiger partial charge in [0.2, 0.25) is 0 Å². The highest BCUT2D eigenvalue weighted by atomic mass is 79.9. The van der Waals surface area contributed by atoms with Gasteiger partial charge in [0.15, 0.2) is 0 Å². The molecule has 0 aliphatic heterocycles. The van der Waals surface area contributed by atoms with Crippen molar-refractivity contribution in [1.29, 1.82) is 0 Å². The van der Waals surface area contributed by atoms with E-state index in [0.29, 0.717) is 0 Å². The summed E-state index contributed by atoms with van der Waals surface area (Å²) in [5, 5.41) is 12.7. The summed E-state index contributed by atoms with van der Waals surface area (Å²) in [5.74, 6) is 0. The largest absolute Gasteiger partial charge is 0.277 e. The van der Waals surface area contributed by atoms with Crippen molar-refractivity contribution in [2.75, 3.05) is 0 Å². The lowest BCUT2D eigenvalue weighted by atomic mass is 10.0. The predicted molar refractivity (Wildman–Crippen MR) is 73.9 cm³/mol. The minimum Gasteiger partial charge on any atom is -0.258 e. The predicted octanol–water partition coefficient (Wildman–Crippen LogP) is 4.63. The maximum absolute atomic E-state index is 11.0. The molecule has 2 aromatic carbocycles. The third-order valence-corrected chi connectivity index (χ3v) is 5.88. The van der Waals surface area contributed by atoms with Crippen LogP contribution in [0, 0.1) is 10.1 Å². The lowest BCUT2D eigenvalue weighted by Crippen LogP contribution is -1.91. The Labute approximate surface area is 114 Å². The first-order valence-corrected chi connectivity index (χ1v) is 6.92. The van der Waals surface area contributed by atoms with Crippen LogP contribution < -0.4 is 0 Å². The number of nitro benzene ring substituents is 1. The van der Waals surface area contributed by atoms with E-state index in [1.54, 1.807) is 6.07 Å². The van der Waals surface area contributed by atoms with Crippen LogP contribution >= 0.6 is 31.9 Å². The van der Waals surface area contributed by atoms with E-state index in [0.717, 1.165) is 21.9 Å². The van der Waals surface area contributed by atoms with Crippen LogP contribution in [0.2, 0.25) is 0 Å². The molecule has 86 valence electrons. The average molecular weight is 357 g/mol. The zero-order chi connectivity index (χ0) is 12.2. The summed E-state index contributed by atoms with van der Waals surface area (Å²) in [5.41, 5.74) is 2.40. The highest BCUT2D eigenvalue weighted by Crippen LogP contribution is 2.53. The second-order valence-corrected chi connectivity index (χ2v) is 5.98. The Balaban J connectivity index is 2.46. The van der Waals surface area contributed by atoms with Gasteiger partial charge < -0.3 is 0 Å². The Bertz CT molecular complexity index is 627. The molecule has 0 saturated heterocycles. The molecule has 0 unspecified atom stereocenters. The summed E-state index contributed by atoms with van der Waals surface area (Å²) in [7, 11) is 0. The van der Waals surface area contributed by atoms with Crippen LogP contribution in [0.5, 0.6) is 0 Å². The molecular formula is C12H7Br2NO2. The molecule has 5 heteroatoms. The number of hydrogen-bond donors (Lipinski definition) is 0. The summed E-state index contributed by atoms with van der Waals surface area (Å²) in [4.78, 5) is 11.0. The van der Waals surface area contributed by atoms with Crippen molar-refractivity contribution in [3.05, 3.63) is 51.6 Å². The first kappa shape index (κ1) is 11.2. The van der Waals surface area contributed by atoms with E-state index in [-0.39, 0.29) is 20.3 Å². The van der Waals surface area contributed by atoms with Gasteiger partial charge in [-0.15, -0.1) is 0 Å². The van der Waals surface area contributed by atoms with Gasteiger partial charge in [0.05, 0.1) is 20.0 Å². The molecule has 0 spiro atoms. The zero-order valence-corrected chi connectivity index (χ0v) is 11.7. The first-order chi connectivity index (χ1) is 8.11. The number of hydrogen-bond acceptors (Lipinski definition) is 2. The van der Waals surface area contributed by atoms with Crippen molar-refractivity contribution in [3.63, 3.8) is 0 Å². The van der Waals surface area contributed by atoms with Gasteiger partial charge in [-0.25, -0.2) is 0 Å². The Kier molecular flexibility index (Phi) is 2.48. The molecule has 1 aliphatic rings. The molecule has 0 heterocycles. The summed E-state index contributed by atoms with van der Waals surface area (Å²) >= 11 is 7.24. The van der Waals surface area contributed by atoms with Crippen molar-refractivity contribution >= 4 is 48.3 Å². The van der Waals surface area contributed by atoms with Crippen LogP contribution in [0.15, 0.2) is 30.3 Å². The lowest BCUT2D eigenvalue weighted by molar-refractivity contribution is -0.383. The molecule has 0 saturated carbocycles. The molecule has 0 radical (unpaired) electrons. The minimum atomic E-state index is -0.326. The topological polar surface area (TPSA) is 43.1 Å². The molecule has 2 aromatic rings. The summed E-state index contributed by atoms with van der Waals surface area (Å²) in [6.07, 6.45) is 0. The average Bonchev–Trinajstić information content (AvgIpc) is 2.57. The monoisotopic (exact) mass is 355 g/mol. The van der Waals surface area contributed by atoms with E-state index < -0.39 is 0 Å². The Morgan fingerprint density at radius 2 is 1.71 bits per heavy atom. The first-order valence-electron chi connectivity index (χ1n) is 5.09. The fourth-order valence-corrected chi connectivity index (χ4v) is 3.71. The fraction of sp³-hybridized carbons (Fsp3) is 0.167. The third-order valence-electron chi connectivity index (χ3n) is 3.13. The van der Waals surface area contributed by atoms with Gasteiger partial charge in [0.1, 0.15) is 0 Å². The summed E-state index contributed by atoms with van der Waals surface area (Å²) in [6, 6.07) is 9.11. The van der Waals surface area contributed by atoms with Gasteiger partial charge in [-0.2, -0.15) is 0 Å². The van der Waals surface area contributed by atoms with Crippen molar-refractivity contribution in [3.8, 4) is 0 Å². The van der Waals surface area contributed by atoms with E-state index in [2.05, 4.69) is 31.9 Å². The number of non-ortho nitro benzene ring substituents is 1. The highest BCUT2D eigenvalue weighted by Gasteiger charge is 2.32. The second kappa shape index (κ2) is 3.78. The molecule has 0 amide bonds. The number of halogens is 2. The fourth-order valence-electron chi connectivity index (χ4n) is 2.38. The van der Waals surface area contributed by atoms with E-state index in [9.17, 15) is 10.1 Å². The van der Waals surface area contributed by atoms with Gasteiger partial charge in [0, 0.05) is 6.07 Å². The quantitative estimate of drug-likeness (QED) is 0.424. The third kappa shape index (κ3) is 1.45. The molecule has 0 aromatic heterocycles. The zero-order valence-electron chi connectivity index (χ0n) is 8.56. The molecule has 3 nitrogen and oxygen atoms in total. The van der Waals surface area contributed by atoms with Gasteiger partial charge >= 0.3 is 0 Å². The lowest BCUT2D eigenvalue weighted by Gasteiger charge is -2.06. The van der Waals surface area contributed by atoms with E-state index in [1.807, 2.05) is 24.3 Å². The van der Waals surface area contributed by atoms with Crippen LogP contribution in [0.4, 0.5) is 5.69 Å². The van der Waals surface area contributed by atoms with Gasteiger partial charge in [-0.3, -0.25) is 10.1 Å². The maximum atomic E-state index is 11.0. The van der Waals surface area contributed by atoms with Crippen LogP contribution in [-0.2, 0) is 0 Å². The van der Waals surface area contributed by atoms with Crippen molar-refractivity contribution < 1.29 is 4.92 Å². The molecule has 0 N–H and O–H groups in total. The van der Waals surface area contributed by atoms with Crippen molar-refractivity contribution in [2.45, 2.75) is 9.65 Å². The van der Waals surface area contributed by atoms with E-state index >= 15 is 0 Å². The Morgan fingerprint density at radius 3 is 2.35 bits per heavy atom. The smallest absolute Gasteiger partial charge is 0.258 e. The van der Waals surface area contributed by atoms with Crippen LogP contribution in [0.1, 0.15) is 20.8 Å². The number of rotatable bonds is 1. The second-order valence-electron chi connectivity index (χ2n) is 4.00. The van der Waals surface area contributed by atoms with Crippen molar-refractivity contribution in [1.82, 2.24) is 0 Å². The molecule has 0 fully saturated rings. The van der Waals surface area contributed by atoms with Crippen molar-refractivity contribution in [2.24, 2.45) is 0 Å². The van der Waals surface area contributed by atoms with Gasteiger partial charge in [-0.05, 0) is 22.6 Å². The summed E-state index contributed by atoms with van der Waals surface area (Å²) < 4.78 is 0. The molecule has 1 aliphatic carbocycles. The Hall–Kier alpha value is -0.940. The van der Waals surface area contributed by atoms with E-state index in [1.165, 1.54) is 0 Å². The molecule has 0 bridgehead atoms. The standard InChI is InChI=1S/C12H7Br2NO2/c13-11-7-3-1-2-6-9(15(16)17)5-4-8(10(6)7)12(11)14/h1-5,11-12H/t11-,12+/m1/s1. The number of nitro groups is 1. The minimum absolute atomic E-state index is 0.170. The normalized spacial score (nSPS) is 22.0. The van der Waals surface area contributed by atoms with Gasteiger partial charge in [0.25, 0.3) is 5.69 Å². The molecule has 3 rings (SSSR count). The number of alkyl halides is 2. The highest BCUT2D eigenvalue weighted by molar-refractivity contribution is 9.12. The van der Waals surface area contributed by atoms with Crippen LogP contribution in [0.25, 0.3) is 10.8 Å². The number of benzene rings is 2. The van der Waals surface area contributed by atoms with Crippen LogP contribution in [0.3, 0.4) is 0 Å². The van der Waals surface area contributed by atoms with Crippen LogP contribution in [-0.4, -0.2) is 4.92 Å². The maximum Gasteiger partial charge on any atom is 0.277 e. The Morgan fingerprint density at radius 1 is 1.06 bits per heavy atom. The number of nitrogens with zero attached hydrogens (tertiary/aromatic N) is 1. The molecule has 2 atom stereocenters. The SMILES string of the molecule is O=[N+]([O-])c1ccc2c3c(cccc13)[C@@H](Br)[C@H]2Br. The summed E-state index contributed by atoms with van der Waals surface area (Å²) in [6.45, 7) is 0.